The van der Waals surface area contributed by atoms with Crippen molar-refractivity contribution < 1.29 is 23.1 Å². The molecule has 18 heavy (non-hydrogen) atoms. The molecule has 1 aromatic rings. The van der Waals surface area contributed by atoms with Gasteiger partial charge in [-0.3, -0.25) is 4.79 Å². The van der Waals surface area contributed by atoms with Crippen molar-refractivity contribution in [2.24, 2.45) is 0 Å². The summed E-state index contributed by atoms with van der Waals surface area (Å²) in [6.45, 7) is 0.115. The van der Waals surface area contributed by atoms with Crippen LogP contribution in [0.5, 0.6) is 0 Å². The lowest BCUT2D eigenvalue weighted by atomic mass is 10.2. The van der Waals surface area contributed by atoms with E-state index >= 15 is 0 Å². The summed E-state index contributed by atoms with van der Waals surface area (Å²) in [7, 11) is 0. The highest BCUT2D eigenvalue weighted by molar-refractivity contribution is 9.10. The first-order valence-corrected chi connectivity index (χ1v) is 5.78. The summed E-state index contributed by atoms with van der Waals surface area (Å²) in [6.07, 6.45) is -3.14. The van der Waals surface area contributed by atoms with E-state index in [-0.39, 0.29) is 29.7 Å². The van der Waals surface area contributed by atoms with E-state index in [1.54, 1.807) is 0 Å². The molecule has 2 N–H and O–H groups in total. The summed E-state index contributed by atoms with van der Waals surface area (Å²) in [5.41, 5.74) is -0.882. The number of aromatic nitrogens is 1. The van der Waals surface area contributed by atoms with Gasteiger partial charge in [-0.25, -0.2) is 4.98 Å². The molecule has 0 unspecified atom stereocenters. The molecule has 0 aromatic carbocycles. The number of aliphatic carboxylic acids is 1. The van der Waals surface area contributed by atoms with E-state index in [9.17, 15) is 18.0 Å². The molecule has 0 fully saturated rings. The first-order chi connectivity index (χ1) is 8.30. The summed E-state index contributed by atoms with van der Waals surface area (Å²) in [5.74, 6) is -1.28. The molecular formula is C10H10BrF3N2O2. The molecule has 8 heteroatoms. The average Bonchev–Trinajstić information content (AvgIpc) is 2.24. The average molecular weight is 327 g/mol. The fourth-order valence-corrected chi connectivity index (χ4v) is 1.57. The molecule has 0 aliphatic carbocycles. The minimum atomic E-state index is -4.51. The Hall–Kier alpha value is -1.31. The van der Waals surface area contributed by atoms with Crippen LogP contribution in [0.2, 0.25) is 0 Å². The largest absolute Gasteiger partial charge is 0.481 e. The van der Waals surface area contributed by atoms with Gasteiger partial charge >= 0.3 is 12.1 Å². The molecule has 1 rings (SSSR count). The third kappa shape index (κ3) is 4.52. The highest BCUT2D eigenvalue weighted by atomic mass is 79.9. The number of alkyl halides is 3. The maximum atomic E-state index is 12.7. The number of pyridine rings is 1. The van der Waals surface area contributed by atoms with E-state index in [1.807, 2.05) is 0 Å². The number of anilines is 1. The predicted octanol–water partition coefficient (Wildman–Crippen LogP) is 3.14. The van der Waals surface area contributed by atoms with Crippen LogP contribution in [0.4, 0.5) is 19.0 Å². The highest BCUT2D eigenvalue weighted by Gasteiger charge is 2.34. The molecular weight excluding hydrogens is 317 g/mol. The monoisotopic (exact) mass is 326 g/mol. The van der Waals surface area contributed by atoms with Gasteiger partial charge in [-0.15, -0.1) is 0 Å². The molecule has 0 amide bonds. The fourth-order valence-electron chi connectivity index (χ4n) is 1.24. The lowest BCUT2D eigenvalue weighted by Gasteiger charge is -2.13. The molecule has 0 radical (unpaired) electrons. The molecule has 100 valence electrons. The Morgan fingerprint density at radius 2 is 2.17 bits per heavy atom. The summed E-state index contributed by atoms with van der Waals surface area (Å²) >= 11 is 2.92. The van der Waals surface area contributed by atoms with Crippen molar-refractivity contribution in [1.82, 2.24) is 4.98 Å². The first-order valence-electron chi connectivity index (χ1n) is 4.99. The Labute approximate surface area is 109 Å². The van der Waals surface area contributed by atoms with E-state index in [1.165, 1.54) is 6.20 Å². The zero-order valence-corrected chi connectivity index (χ0v) is 10.7. The molecule has 0 aliphatic rings. The van der Waals surface area contributed by atoms with Gasteiger partial charge in [-0.05, 0) is 28.4 Å². The van der Waals surface area contributed by atoms with Crippen molar-refractivity contribution in [3.8, 4) is 0 Å². The summed E-state index contributed by atoms with van der Waals surface area (Å²) in [4.78, 5) is 13.9. The molecule has 0 saturated carbocycles. The number of hydrogen-bond acceptors (Lipinski definition) is 3. The third-order valence-corrected chi connectivity index (χ3v) is 2.45. The van der Waals surface area contributed by atoms with E-state index in [4.69, 9.17) is 5.11 Å². The fraction of sp³-hybridized carbons (Fsp3) is 0.400. The van der Waals surface area contributed by atoms with Gasteiger partial charge in [0.15, 0.2) is 0 Å². The van der Waals surface area contributed by atoms with Crippen molar-refractivity contribution >= 4 is 27.7 Å². The van der Waals surface area contributed by atoms with E-state index < -0.39 is 17.7 Å². The summed E-state index contributed by atoms with van der Waals surface area (Å²) in [5, 5.41) is 10.9. The van der Waals surface area contributed by atoms with Crippen molar-refractivity contribution in [3.05, 3.63) is 22.3 Å². The quantitative estimate of drug-likeness (QED) is 0.816. The SMILES string of the molecule is O=C(O)CCCNc1ncc(Br)cc1C(F)(F)F. The Morgan fingerprint density at radius 1 is 1.50 bits per heavy atom. The number of carbonyl (C=O) groups is 1. The molecule has 0 bridgehead atoms. The van der Waals surface area contributed by atoms with Crippen LogP contribution < -0.4 is 5.32 Å². The topological polar surface area (TPSA) is 62.2 Å². The van der Waals surface area contributed by atoms with Gasteiger partial charge in [0.25, 0.3) is 0 Å². The Kier molecular flexibility index (Phi) is 4.94. The molecule has 1 aromatic heterocycles. The van der Waals surface area contributed by atoms with Gasteiger partial charge in [0.2, 0.25) is 0 Å². The summed E-state index contributed by atoms with van der Waals surface area (Å²) < 4.78 is 38.2. The van der Waals surface area contributed by atoms with Crippen LogP contribution in [0.1, 0.15) is 18.4 Å². The van der Waals surface area contributed by atoms with Crippen molar-refractivity contribution in [3.63, 3.8) is 0 Å². The zero-order valence-electron chi connectivity index (χ0n) is 9.09. The van der Waals surface area contributed by atoms with Crippen molar-refractivity contribution in [1.29, 1.82) is 0 Å². The lowest BCUT2D eigenvalue weighted by molar-refractivity contribution is -0.138. The third-order valence-electron chi connectivity index (χ3n) is 2.02. The van der Waals surface area contributed by atoms with Crippen LogP contribution in [-0.2, 0) is 11.0 Å². The highest BCUT2D eigenvalue weighted by Crippen LogP contribution is 2.35. The molecule has 0 atom stereocenters. The van der Waals surface area contributed by atoms with Gasteiger partial charge in [-0.1, -0.05) is 0 Å². The number of halogens is 4. The minimum absolute atomic E-state index is 0.106. The van der Waals surface area contributed by atoms with Gasteiger partial charge in [0.1, 0.15) is 5.82 Å². The van der Waals surface area contributed by atoms with E-state index in [2.05, 4.69) is 26.2 Å². The van der Waals surface area contributed by atoms with Crippen LogP contribution in [0.3, 0.4) is 0 Å². The lowest BCUT2D eigenvalue weighted by Crippen LogP contribution is -2.13. The molecule has 0 aliphatic heterocycles. The number of carboxylic acids is 1. The second-order valence-corrected chi connectivity index (χ2v) is 4.39. The van der Waals surface area contributed by atoms with Crippen molar-refractivity contribution in [2.75, 3.05) is 11.9 Å². The molecule has 0 saturated heterocycles. The predicted molar refractivity (Wildman–Crippen MR) is 62.3 cm³/mol. The maximum absolute atomic E-state index is 12.7. The van der Waals surface area contributed by atoms with Crippen LogP contribution in [0, 0.1) is 0 Å². The Balaban J connectivity index is 2.73. The number of nitrogens with one attached hydrogen (secondary N) is 1. The maximum Gasteiger partial charge on any atom is 0.419 e. The normalized spacial score (nSPS) is 11.3. The standard InChI is InChI=1S/C10H10BrF3N2O2/c11-6-4-7(10(12,13)14)9(16-5-6)15-3-1-2-8(17)18/h4-5H,1-3H2,(H,15,16)(H,17,18). The van der Waals surface area contributed by atoms with Crippen LogP contribution in [0.15, 0.2) is 16.7 Å². The number of nitrogens with zero attached hydrogens (tertiary/aromatic N) is 1. The van der Waals surface area contributed by atoms with Crippen molar-refractivity contribution in [2.45, 2.75) is 19.0 Å². The second kappa shape index (κ2) is 6.03. The van der Waals surface area contributed by atoms with Gasteiger partial charge in [0, 0.05) is 23.6 Å². The molecule has 4 nitrogen and oxygen atoms in total. The zero-order chi connectivity index (χ0) is 13.8. The first kappa shape index (κ1) is 14.7. The number of hydrogen-bond donors (Lipinski definition) is 2. The van der Waals surface area contributed by atoms with Gasteiger partial charge in [0.05, 0.1) is 5.56 Å². The smallest absolute Gasteiger partial charge is 0.419 e. The number of rotatable bonds is 5. The Bertz CT molecular complexity index is 438. The van der Waals surface area contributed by atoms with Crippen LogP contribution >= 0.6 is 15.9 Å². The van der Waals surface area contributed by atoms with Gasteiger partial charge < -0.3 is 10.4 Å². The van der Waals surface area contributed by atoms with E-state index in [0.717, 1.165) is 6.07 Å². The molecule has 0 spiro atoms. The summed E-state index contributed by atoms with van der Waals surface area (Å²) in [6, 6.07) is 0.923. The molecule has 1 heterocycles. The van der Waals surface area contributed by atoms with Crippen LogP contribution in [-0.4, -0.2) is 22.6 Å². The van der Waals surface area contributed by atoms with Crippen LogP contribution in [0.25, 0.3) is 0 Å². The Morgan fingerprint density at radius 3 is 2.72 bits per heavy atom. The minimum Gasteiger partial charge on any atom is -0.481 e. The van der Waals surface area contributed by atoms with E-state index in [0.29, 0.717) is 0 Å². The number of carboxylic acid groups (broad SMARTS) is 1. The second-order valence-electron chi connectivity index (χ2n) is 3.47. The van der Waals surface area contributed by atoms with Gasteiger partial charge in [-0.2, -0.15) is 13.2 Å².